The van der Waals surface area contributed by atoms with E-state index in [4.69, 9.17) is 11.5 Å². The highest BCUT2D eigenvalue weighted by Crippen LogP contribution is 2.65. The molecule has 3 atom stereocenters. The molecule has 0 unspecified atom stereocenters. The maximum absolute atomic E-state index is 6.56. The summed E-state index contributed by atoms with van der Waals surface area (Å²) >= 11 is 0. The predicted octanol–water partition coefficient (Wildman–Crippen LogP) is 2.66. The maximum atomic E-state index is 6.56. The van der Waals surface area contributed by atoms with Crippen molar-refractivity contribution in [2.45, 2.75) is 64.3 Å². The predicted molar refractivity (Wildman–Crippen MR) is 71.5 cm³/mol. The van der Waals surface area contributed by atoms with E-state index in [1.165, 1.54) is 51.4 Å². The Kier molecular flexibility index (Phi) is 2.79. The van der Waals surface area contributed by atoms with Crippen LogP contribution < -0.4 is 11.5 Å². The van der Waals surface area contributed by atoms with Gasteiger partial charge in [0.1, 0.15) is 0 Å². The van der Waals surface area contributed by atoms with Crippen molar-refractivity contribution in [3.8, 4) is 0 Å². The molecule has 0 heterocycles. The molecule has 4 aliphatic carbocycles. The molecule has 4 aliphatic rings. The van der Waals surface area contributed by atoms with Crippen molar-refractivity contribution in [1.29, 1.82) is 0 Å². The van der Waals surface area contributed by atoms with Crippen LogP contribution in [0.4, 0.5) is 0 Å². The van der Waals surface area contributed by atoms with Gasteiger partial charge in [0.25, 0.3) is 0 Å². The monoisotopic (exact) mass is 236 g/mol. The van der Waals surface area contributed by atoms with Crippen LogP contribution >= 0.6 is 0 Å². The second kappa shape index (κ2) is 3.96. The van der Waals surface area contributed by atoms with Crippen LogP contribution in [-0.2, 0) is 0 Å². The Morgan fingerprint density at radius 2 is 1.82 bits per heavy atom. The molecule has 0 aromatic heterocycles. The van der Waals surface area contributed by atoms with Gasteiger partial charge in [-0.15, -0.1) is 0 Å². The summed E-state index contributed by atoms with van der Waals surface area (Å²) in [6.45, 7) is 3.17. The van der Waals surface area contributed by atoms with Gasteiger partial charge >= 0.3 is 0 Å². The first kappa shape index (κ1) is 12.0. The quantitative estimate of drug-likeness (QED) is 0.788. The Hall–Kier alpha value is -0.0800. The molecule has 0 radical (unpaired) electrons. The zero-order chi connectivity index (χ0) is 12.1. The molecule has 98 valence electrons. The van der Waals surface area contributed by atoms with Gasteiger partial charge in [0.2, 0.25) is 0 Å². The number of hydrogen-bond donors (Lipinski definition) is 2. The summed E-state index contributed by atoms with van der Waals surface area (Å²) < 4.78 is 0. The third-order valence-corrected chi connectivity index (χ3v) is 6.05. The Bertz CT molecular complexity index is 285. The molecule has 0 aromatic carbocycles. The maximum Gasteiger partial charge on any atom is 0.00958 e. The molecular weight excluding hydrogens is 208 g/mol. The highest BCUT2D eigenvalue weighted by molar-refractivity contribution is 5.10. The lowest BCUT2D eigenvalue weighted by atomic mass is 9.42. The van der Waals surface area contributed by atoms with Gasteiger partial charge in [0.15, 0.2) is 0 Å². The van der Waals surface area contributed by atoms with Crippen LogP contribution in [0.2, 0.25) is 0 Å². The molecule has 17 heavy (non-hydrogen) atoms. The zero-order valence-electron chi connectivity index (χ0n) is 11.3. The highest BCUT2D eigenvalue weighted by atomic mass is 14.8. The fourth-order valence-electron chi connectivity index (χ4n) is 5.82. The summed E-state index contributed by atoms with van der Waals surface area (Å²) in [5, 5.41) is 0. The van der Waals surface area contributed by atoms with Crippen LogP contribution in [-0.4, -0.2) is 12.6 Å². The van der Waals surface area contributed by atoms with Crippen molar-refractivity contribution in [2.24, 2.45) is 34.1 Å². The van der Waals surface area contributed by atoms with E-state index in [0.29, 0.717) is 16.9 Å². The van der Waals surface area contributed by atoms with E-state index in [9.17, 15) is 0 Å². The van der Waals surface area contributed by atoms with E-state index < -0.39 is 0 Å². The SMILES string of the molecule is CCC[C@H](N)C12C[C@@H]3C[C@H](CC(CN)(C3)C1)C2. The lowest BCUT2D eigenvalue weighted by Gasteiger charge is -2.63. The topological polar surface area (TPSA) is 52.0 Å². The van der Waals surface area contributed by atoms with Gasteiger partial charge in [-0.1, -0.05) is 13.3 Å². The molecule has 4 saturated carbocycles. The Morgan fingerprint density at radius 3 is 2.35 bits per heavy atom. The van der Waals surface area contributed by atoms with Gasteiger partial charge < -0.3 is 11.5 Å². The van der Waals surface area contributed by atoms with Crippen LogP contribution in [0, 0.1) is 22.7 Å². The fraction of sp³-hybridized carbons (Fsp3) is 1.00. The van der Waals surface area contributed by atoms with Gasteiger partial charge in [-0.2, -0.15) is 0 Å². The van der Waals surface area contributed by atoms with Gasteiger partial charge in [-0.3, -0.25) is 0 Å². The molecule has 4 rings (SSSR count). The van der Waals surface area contributed by atoms with E-state index in [-0.39, 0.29) is 0 Å². The van der Waals surface area contributed by atoms with Crippen LogP contribution in [0.1, 0.15) is 58.3 Å². The minimum atomic E-state index is 0.435. The summed E-state index contributed by atoms with van der Waals surface area (Å²) in [6.07, 6.45) is 10.9. The largest absolute Gasteiger partial charge is 0.330 e. The molecule has 0 saturated heterocycles. The molecule has 4 bridgehead atoms. The third-order valence-electron chi connectivity index (χ3n) is 6.05. The number of rotatable bonds is 4. The second-order valence-corrected chi connectivity index (χ2v) is 7.42. The minimum Gasteiger partial charge on any atom is -0.330 e. The first-order valence-electron chi connectivity index (χ1n) is 7.57. The van der Waals surface area contributed by atoms with E-state index in [0.717, 1.165) is 18.4 Å². The fourth-order valence-corrected chi connectivity index (χ4v) is 5.82. The Balaban J connectivity index is 1.87. The summed E-state index contributed by atoms with van der Waals surface area (Å²) in [7, 11) is 0. The summed E-state index contributed by atoms with van der Waals surface area (Å²) in [5.41, 5.74) is 13.6. The average Bonchev–Trinajstić information content (AvgIpc) is 2.27. The van der Waals surface area contributed by atoms with E-state index >= 15 is 0 Å². The van der Waals surface area contributed by atoms with Crippen LogP contribution in [0.25, 0.3) is 0 Å². The van der Waals surface area contributed by atoms with Gasteiger partial charge in [-0.05, 0) is 74.2 Å². The smallest absolute Gasteiger partial charge is 0.00958 e. The van der Waals surface area contributed by atoms with Crippen molar-refractivity contribution in [2.75, 3.05) is 6.54 Å². The molecular formula is C15H28N2. The Morgan fingerprint density at radius 1 is 1.18 bits per heavy atom. The summed E-state index contributed by atoms with van der Waals surface area (Å²) in [5.74, 6) is 1.89. The summed E-state index contributed by atoms with van der Waals surface area (Å²) in [6, 6.07) is 0.435. The minimum absolute atomic E-state index is 0.435. The lowest BCUT2D eigenvalue weighted by Crippen LogP contribution is -2.59. The van der Waals surface area contributed by atoms with Crippen LogP contribution in [0.15, 0.2) is 0 Å². The molecule has 0 aliphatic heterocycles. The molecule has 2 nitrogen and oxygen atoms in total. The first-order chi connectivity index (χ1) is 8.11. The van der Waals surface area contributed by atoms with Crippen molar-refractivity contribution in [3.63, 3.8) is 0 Å². The van der Waals surface area contributed by atoms with Crippen LogP contribution in [0.3, 0.4) is 0 Å². The second-order valence-electron chi connectivity index (χ2n) is 7.42. The first-order valence-corrected chi connectivity index (χ1v) is 7.57. The van der Waals surface area contributed by atoms with Gasteiger partial charge in [0, 0.05) is 6.04 Å². The molecule has 4 N–H and O–H groups in total. The van der Waals surface area contributed by atoms with Gasteiger partial charge in [0.05, 0.1) is 0 Å². The molecule has 0 aromatic rings. The Labute approximate surface area is 106 Å². The normalized spacial score (nSPS) is 49.6. The average molecular weight is 236 g/mol. The molecule has 2 heteroatoms. The van der Waals surface area contributed by atoms with Crippen molar-refractivity contribution in [1.82, 2.24) is 0 Å². The van der Waals surface area contributed by atoms with Crippen molar-refractivity contribution < 1.29 is 0 Å². The van der Waals surface area contributed by atoms with E-state index in [1.807, 2.05) is 0 Å². The molecule has 4 fully saturated rings. The van der Waals surface area contributed by atoms with E-state index in [1.54, 1.807) is 0 Å². The van der Waals surface area contributed by atoms with Crippen molar-refractivity contribution in [3.05, 3.63) is 0 Å². The van der Waals surface area contributed by atoms with Gasteiger partial charge in [-0.25, -0.2) is 0 Å². The third kappa shape index (κ3) is 1.76. The molecule has 0 spiro atoms. The standard InChI is InChI=1S/C15H28N2/c1-2-3-13(17)15-7-11-4-12(8-15)6-14(5-11,9-15)10-16/h11-13H,2-10,16-17H2,1H3/t11-,12-,13+,14?,15?/m1/s1. The van der Waals surface area contributed by atoms with Crippen molar-refractivity contribution >= 4 is 0 Å². The van der Waals surface area contributed by atoms with E-state index in [2.05, 4.69) is 6.92 Å². The number of hydrogen-bond acceptors (Lipinski definition) is 2. The zero-order valence-corrected chi connectivity index (χ0v) is 11.3. The summed E-state index contributed by atoms with van der Waals surface area (Å²) in [4.78, 5) is 0. The number of nitrogens with two attached hydrogens (primary N) is 2. The van der Waals surface area contributed by atoms with Crippen LogP contribution in [0.5, 0.6) is 0 Å². The molecule has 0 amide bonds. The highest BCUT2D eigenvalue weighted by Gasteiger charge is 2.58. The lowest BCUT2D eigenvalue weighted by molar-refractivity contribution is -0.117.